The van der Waals surface area contributed by atoms with Gasteiger partial charge < -0.3 is 10.2 Å². The summed E-state index contributed by atoms with van der Waals surface area (Å²) in [5, 5.41) is 2.51. The van der Waals surface area contributed by atoms with Crippen molar-refractivity contribution in [2.24, 2.45) is 5.92 Å². The first-order valence-corrected chi connectivity index (χ1v) is 6.42. The fourth-order valence-electron chi connectivity index (χ4n) is 2.37. The van der Waals surface area contributed by atoms with Crippen molar-refractivity contribution in [3.8, 4) is 0 Å². The third kappa shape index (κ3) is 2.64. The number of hydrogen-bond acceptors (Lipinski definition) is 2. The molecule has 1 aromatic rings. The third-order valence-corrected chi connectivity index (χ3v) is 3.34. The van der Waals surface area contributed by atoms with Gasteiger partial charge in [0.2, 0.25) is 11.8 Å². The molecule has 6 heteroatoms. The number of amides is 2. The van der Waals surface area contributed by atoms with Gasteiger partial charge in [-0.15, -0.1) is 0 Å². The summed E-state index contributed by atoms with van der Waals surface area (Å²) in [4.78, 5) is 25.1. The summed E-state index contributed by atoms with van der Waals surface area (Å²) in [6.07, 6.45) is 0. The largest absolute Gasteiger partial charge is 0.345 e. The number of carbonyl (C=O) groups is 2. The molecule has 2 amide bonds. The summed E-state index contributed by atoms with van der Waals surface area (Å²) in [5.74, 6) is -2.62. The van der Waals surface area contributed by atoms with Gasteiger partial charge in [0.15, 0.2) is 11.6 Å². The van der Waals surface area contributed by atoms with Crippen LogP contribution < -0.4 is 5.32 Å². The van der Waals surface area contributed by atoms with Crippen molar-refractivity contribution in [2.45, 2.75) is 26.4 Å². The van der Waals surface area contributed by atoms with E-state index in [2.05, 4.69) is 5.32 Å². The van der Waals surface area contributed by atoms with E-state index >= 15 is 0 Å². The molecule has 4 nitrogen and oxygen atoms in total. The zero-order valence-corrected chi connectivity index (χ0v) is 11.3. The first-order chi connectivity index (χ1) is 9.41. The molecule has 1 aliphatic heterocycles. The fourth-order valence-corrected chi connectivity index (χ4v) is 2.37. The van der Waals surface area contributed by atoms with Crippen LogP contribution in [-0.2, 0) is 16.1 Å². The number of benzene rings is 1. The van der Waals surface area contributed by atoms with E-state index in [1.165, 1.54) is 17.0 Å². The molecule has 1 heterocycles. The van der Waals surface area contributed by atoms with E-state index in [1.54, 1.807) is 13.8 Å². The molecule has 1 aromatic carbocycles. The molecule has 0 aliphatic carbocycles. The van der Waals surface area contributed by atoms with E-state index in [1.807, 2.05) is 0 Å². The Bertz CT molecular complexity index is 546. The molecule has 1 fully saturated rings. The summed E-state index contributed by atoms with van der Waals surface area (Å²) < 4.78 is 26.9. The SMILES string of the molecule is CC(C)C1C(=O)NCC(=O)N1Cc1cccc(F)c1F. The summed E-state index contributed by atoms with van der Waals surface area (Å²) in [7, 11) is 0. The molecule has 1 atom stereocenters. The van der Waals surface area contributed by atoms with E-state index in [0.717, 1.165) is 6.07 Å². The van der Waals surface area contributed by atoms with Crippen LogP contribution in [0.2, 0.25) is 0 Å². The molecule has 2 rings (SSSR count). The number of rotatable bonds is 3. The van der Waals surface area contributed by atoms with Crippen molar-refractivity contribution in [3.05, 3.63) is 35.4 Å². The Morgan fingerprint density at radius 1 is 1.35 bits per heavy atom. The van der Waals surface area contributed by atoms with Crippen LogP contribution in [0.25, 0.3) is 0 Å². The van der Waals surface area contributed by atoms with Crippen molar-refractivity contribution in [3.63, 3.8) is 0 Å². The number of halogens is 2. The number of hydrogen-bond donors (Lipinski definition) is 1. The van der Waals surface area contributed by atoms with Crippen LogP contribution in [0.3, 0.4) is 0 Å². The molecule has 20 heavy (non-hydrogen) atoms. The van der Waals surface area contributed by atoms with E-state index < -0.39 is 17.7 Å². The maximum atomic E-state index is 13.7. The quantitative estimate of drug-likeness (QED) is 0.912. The minimum Gasteiger partial charge on any atom is -0.345 e. The molecule has 0 aromatic heterocycles. The summed E-state index contributed by atoms with van der Waals surface area (Å²) >= 11 is 0. The second kappa shape index (κ2) is 5.56. The third-order valence-electron chi connectivity index (χ3n) is 3.34. The van der Waals surface area contributed by atoms with Crippen LogP contribution in [-0.4, -0.2) is 29.3 Å². The van der Waals surface area contributed by atoms with Gasteiger partial charge in [-0.1, -0.05) is 26.0 Å². The number of nitrogens with one attached hydrogen (secondary N) is 1. The number of nitrogens with zero attached hydrogens (tertiary/aromatic N) is 1. The van der Waals surface area contributed by atoms with Crippen LogP contribution in [0.4, 0.5) is 8.78 Å². The van der Waals surface area contributed by atoms with Gasteiger partial charge in [-0.25, -0.2) is 8.78 Å². The zero-order valence-electron chi connectivity index (χ0n) is 11.3. The number of piperazine rings is 1. The summed E-state index contributed by atoms with van der Waals surface area (Å²) in [5.41, 5.74) is 0.0682. The van der Waals surface area contributed by atoms with Gasteiger partial charge in [-0.2, -0.15) is 0 Å². The molecule has 0 saturated carbocycles. The Morgan fingerprint density at radius 3 is 2.70 bits per heavy atom. The Kier molecular flexibility index (Phi) is 4.01. The predicted octanol–water partition coefficient (Wildman–Crippen LogP) is 1.45. The molecule has 0 radical (unpaired) electrons. The molecule has 1 unspecified atom stereocenters. The van der Waals surface area contributed by atoms with E-state index in [-0.39, 0.29) is 36.4 Å². The molecular formula is C14H16F2N2O2. The minimum absolute atomic E-state index is 0.0682. The molecule has 1 saturated heterocycles. The van der Waals surface area contributed by atoms with Crippen LogP contribution in [0.1, 0.15) is 19.4 Å². The lowest BCUT2D eigenvalue weighted by Gasteiger charge is -2.37. The fraction of sp³-hybridized carbons (Fsp3) is 0.429. The minimum atomic E-state index is -0.978. The first kappa shape index (κ1) is 14.4. The Balaban J connectivity index is 2.30. The molecule has 108 valence electrons. The van der Waals surface area contributed by atoms with E-state index in [9.17, 15) is 18.4 Å². The first-order valence-electron chi connectivity index (χ1n) is 6.42. The standard InChI is InChI=1S/C14H16F2N2O2/c1-8(2)13-14(20)17-6-11(19)18(13)7-9-4-3-5-10(15)12(9)16/h3-5,8,13H,6-7H2,1-2H3,(H,17,20). The van der Waals surface area contributed by atoms with Gasteiger partial charge in [0.25, 0.3) is 0 Å². The lowest BCUT2D eigenvalue weighted by Crippen LogP contribution is -2.59. The molecule has 1 aliphatic rings. The van der Waals surface area contributed by atoms with Crippen LogP contribution in [0, 0.1) is 17.6 Å². The molecular weight excluding hydrogens is 266 g/mol. The van der Waals surface area contributed by atoms with Crippen molar-refractivity contribution in [1.29, 1.82) is 0 Å². The van der Waals surface area contributed by atoms with Crippen LogP contribution >= 0.6 is 0 Å². The second-order valence-corrected chi connectivity index (χ2v) is 5.14. The Labute approximate surface area is 115 Å². The van der Waals surface area contributed by atoms with Crippen molar-refractivity contribution < 1.29 is 18.4 Å². The Morgan fingerprint density at radius 2 is 2.05 bits per heavy atom. The lowest BCUT2D eigenvalue weighted by molar-refractivity contribution is -0.148. The van der Waals surface area contributed by atoms with E-state index in [4.69, 9.17) is 0 Å². The lowest BCUT2D eigenvalue weighted by atomic mass is 9.98. The average molecular weight is 282 g/mol. The maximum Gasteiger partial charge on any atom is 0.243 e. The highest BCUT2D eigenvalue weighted by atomic mass is 19.2. The van der Waals surface area contributed by atoms with Crippen molar-refractivity contribution in [2.75, 3.05) is 6.54 Å². The van der Waals surface area contributed by atoms with Gasteiger partial charge >= 0.3 is 0 Å². The highest BCUT2D eigenvalue weighted by Gasteiger charge is 2.36. The molecule has 1 N–H and O–H groups in total. The predicted molar refractivity (Wildman–Crippen MR) is 68.5 cm³/mol. The summed E-state index contributed by atoms with van der Waals surface area (Å²) in [6, 6.07) is 3.14. The number of carbonyl (C=O) groups excluding carboxylic acids is 2. The second-order valence-electron chi connectivity index (χ2n) is 5.14. The average Bonchev–Trinajstić information content (AvgIpc) is 2.38. The highest BCUT2D eigenvalue weighted by Crippen LogP contribution is 2.20. The molecule has 0 bridgehead atoms. The summed E-state index contributed by atoms with van der Waals surface area (Å²) in [6.45, 7) is 3.38. The van der Waals surface area contributed by atoms with Gasteiger partial charge in [-0.3, -0.25) is 9.59 Å². The van der Waals surface area contributed by atoms with Crippen molar-refractivity contribution in [1.82, 2.24) is 10.2 Å². The van der Waals surface area contributed by atoms with Gasteiger partial charge in [0.05, 0.1) is 6.54 Å². The van der Waals surface area contributed by atoms with Gasteiger partial charge in [0.1, 0.15) is 6.04 Å². The van der Waals surface area contributed by atoms with Crippen molar-refractivity contribution >= 4 is 11.8 Å². The highest BCUT2D eigenvalue weighted by molar-refractivity contribution is 5.94. The zero-order chi connectivity index (χ0) is 14.9. The maximum absolute atomic E-state index is 13.7. The van der Waals surface area contributed by atoms with E-state index in [0.29, 0.717) is 0 Å². The molecule has 0 spiro atoms. The van der Waals surface area contributed by atoms with Crippen LogP contribution in [0.15, 0.2) is 18.2 Å². The smallest absolute Gasteiger partial charge is 0.243 e. The Hall–Kier alpha value is -1.98. The topological polar surface area (TPSA) is 49.4 Å². The monoisotopic (exact) mass is 282 g/mol. The van der Waals surface area contributed by atoms with Gasteiger partial charge in [0, 0.05) is 12.1 Å². The normalized spacial score (nSPS) is 19.4. The van der Waals surface area contributed by atoms with Crippen LogP contribution in [0.5, 0.6) is 0 Å². The van der Waals surface area contributed by atoms with Gasteiger partial charge in [-0.05, 0) is 12.0 Å².